The number of nitrogens with zero attached hydrogens (tertiary/aromatic N) is 2. The lowest BCUT2D eigenvalue weighted by atomic mass is 10.0. The van der Waals surface area contributed by atoms with Gasteiger partial charge in [0.05, 0.1) is 6.04 Å². The average Bonchev–Trinajstić information content (AvgIpc) is 2.96. The summed E-state index contributed by atoms with van der Waals surface area (Å²) in [5, 5.41) is 13.0. The number of aromatic nitrogens is 1. The van der Waals surface area contributed by atoms with Crippen LogP contribution in [0, 0.1) is 11.6 Å². The molecule has 168 valence electrons. The molecule has 3 aromatic rings. The number of hydrogen-bond acceptors (Lipinski definition) is 4. The number of pyridine rings is 1. The van der Waals surface area contributed by atoms with Crippen molar-refractivity contribution in [2.24, 2.45) is 0 Å². The Labute approximate surface area is 186 Å². The highest BCUT2D eigenvalue weighted by atomic mass is 19.1. The molecule has 2 amide bonds. The number of benzene rings is 2. The molecule has 2 aromatic carbocycles. The van der Waals surface area contributed by atoms with Gasteiger partial charge in [-0.25, -0.2) is 8.78 Å². The Hall–Kier alpha value is -4.01. The maximum absolute atomic E-state index is 13.9. The minimum absolute atomic E-state index is 0.0400. The van der Waals surface area contributed by atoms with Crippen LogP contribution in [0.3, 0.4) is 0 Å². The van der Waals surface area contributed by atoms with Crippen molar-refractivity contribution in [3.8, 4) is 5.75 Å². The van der Waals surface area contributed by atoms with Crippen molar-refractivity contribution in [1.82, 2.24) is 14.8 Å². The molecular weight excluding hydrogens is 432 g/mol. The maximum atomic E-state index is 13.9. The number of amides is 2. The fourth-order valence-electron chi connectivity index (χ4n) is 4.46. The first kappa shape index (κ1) is 20.9. The van der Waals surface area contributed by atoms with Crippen molar-refractivity contribution in [2.75, 3.05) is 6.54 Å². The molecule has 1 atom stereocenters. The van der Waals surface area contributed by atoms with Crippen molar-refractivity contribution in [3.63, 3.8) is 0 Å². The van der Waals surface area contributed by atoms with E-state index < -0.39 is 34.6 Å². The number of fused-ring (bicyclic) bond motifs is 5. The standard InChI is InChI=1S/C24H19F2N3O4/c25-16-6-5-14(19(26)8-16)9-27-23(32)18-12-29-17-7-13-3-1-2-4-15(13)10-28(11-17)24(33)20(29)22(31)21(18)30/h1-6,8,12,17,31H,7,9-11H2,(H,27,32). The van der Waals surface area contributed by atoms with Crippen molar-refractivity contribution in [2.45, 2.75) is 25.6 Å². The van der Waals surface area contributed by atoms with Gasteiger partial charge < -0.3 is 19.9 Å². The van der Waals surface area contributed by atoms with Crippen LogP contribution < -0.4 is 10.7 Å². The van der Waals surface area contributed by atoms with E-state index in [1.807, 2.05) is 24.3 Å². The molecule has 0 spiro atoms. The van der Waals surface area contributed by atoms with Crippen LogP contribution >= 0.6 is 0 Å². The molecule has 9 heteroatoms. The first-order valence-corrected chi connectivity index (χ1v) is 10.4. The molecule has 1 aromatic heterocycles. The van der Waals surface area contributed by atoms with E-state index in [1.165, 1.54) is 16.8 Å². The number of aromatic hydroxyl groups is 1. The van der Waals surface area contributed by atoms with Crippen molar-refractivity contribution in [1.29, 1.82) is 0 Å². The molecule has 5 rings (SSSR count). The molecule has 0 radical (unpaired) electrons. The van der Waals surface area contributed by atoms with Gasteiger partial charge in [0.15, 0.2) is 11.4 Å². The molecule has 0 fully saturated rings. The van der Waals surface area contributed by atoms with Gasteiger partial charge in [0.1, 0.15) is 17.2 Å². The summed E-state index contributed by atoms with van der Waals surface area (Å²) >= 11 is 0. The Kier molecular flexibility index (Phi) is 4.96. The van der Waals surface area contributed by atoms with Gasteiger partial charge in [0.25, 0.3) is 11.8 Å². The van der Waals surface area contributed by atoms with E-state index in [9.17, 15) is 28.3 Å². The first-order valence-electron chi connectivity index (χ1n) is 10.4. The summed E-state index contributed by atoms with van der Waals surface area (Å²) in [6.07, 6.45) is 1.83. The van der Waals surface area contributed by atoms with E-state index in [-0.39, 0.29) is 29.4 Å². The second-order valence-electron chi connectivity index (χ2n) is 8.21. The predicted octanol–water partition coefficient (Wildman–Crippen LogP) is 2.52. The zero-order valence-electron chi connectivity index (χ0n) is 17.3. The highest BCUT2D eigenvalue weighted by Crippen LogP contribution is 2.33. The topological polar surface area (TPSA) is 91.6 Å². The maximum Gasteiger partial charge on any atom is 0.274 e. The zero-order valence-corrected chi connectivity index (χ0v) is 17.3. The zero-order chi connectivity index (χ0) is 23.3. The second-order valence-corrected chi connectivity index (χ2v) is 8.21. The number of rotatable bonds is 3. The minimum atomic E-state index is -0.982. The van der Waals surface area contributed by atoms with Gasteiger partial charge in [-0.05, 0) is 23.6 Å². The Morgan fingerprint density at radius 3 is 2.64 bits per heavy atom. The van der Waals surface area contributed by atoms with E-state index in [0.717, 1.165) is 17.2 Å². The Morgan fingerprint density at radius 1 is 1.12 bits per heavy atom. The molecule has 2 aliphatic heterocycles. The third kappa shape index (κ3) is 3.55. The molecule has 3 heterocycles. The van der Waals surface area contributed by atoms with Crippen LogP contribution in [-0.4, -0.2) is 32.9 Å². The fourth-order valence-corrected chi connectivity index (χ4v) is 4.46. The quantitative estimate of drug-likeness (QED) is 0.640. The smallest absolute Gasteiger partial charge is 0.274 e. The fraction of sp³-hybridized carbons (Fsp3) is 0.208. The summed E-state index contributed by atoms with van der Waals surface area (Å²) in [6, 6.07) is 10.4. The summed E-state index contributed by atoms with van der Waals surface area (Å²) < 4.78 is 28.5. The number of carbonyl (C=O) groups excluding carboxylic acids is 2. The van der Waals surface area contributed by atoms with E-state index in [2.05, 4.69) is 5.32 Å². The van der Waals surface area contributed by atoms with Crippen LogP contribution in [-0.2, 0) is 19.5 Å². The lowest BCUT2D eigenvalue weighted by Gasteiger charge is -2.34. The van der Waals surface area contributed by atoms with Crippen LogP contribution in [0.4, 0.5) is 8.78 Å². The average molecular weight is 451 g/mol. The summed E-state index contributed by atoms with van der Waals surface area (Å²) in [5.41, 5.74) is 0.578. The lowest BCUT2D eigenvalue weighted by Crippen LogP contribution is -2.44. The number of nitrogens with one attached hydrogen (secondary N) is 1. The molecule has 2 bridgehead atoms. The molecule has 0 saturated heterocycles. The predicted molar refractivity (Wildman–Crippen MR) is 114 cm³/mol. The highest BCUT2D eigenvalue weighted by molar-refractivity contribution is 5.99. The van der Waals surface area contributed by atoms with Gasteiger partial charge in [-0.1, -0.05) is 30.3 Å². The highest BCUT2D eigenvalue weighted by Gasteiger charge is 2.37. The Bertz CT molecular complexity index is 1370. The SMILES string of the molecule is O=C(NCc1ccc(F)cc1F)c1cn2c(c(O)c1=O)C(=O)N1Cc3ccccc3CC2C1. The van der Waals surface area contributed by atoms with Gasteiger partial charge in [-0.3, -0.25) is 14.4 Å². The van der Waals surface area contributed by atoms with Crippen LogP contribution in [0.25, 0.3) is 0 Å². The third-order valence-corrected chi connectivity index (χ3v) is 6.16. The van der Waals surface area contributed by atoms with Gasteiger partial charge in [0, 0.05) is 37.5 Å². The normalized spacial score (nSPS) is 16.6. The first-order chi connectivity index (χ1) is 15.8. The molecule has 0 saturated carbocycles. The lowest BCUT2D eigenvalue weighted by molar-refractivity contribution is 0.0653. The molecule has 33 heavy (non-hydrogen) atoms. The van der Waals surface area contributed by atoms with Gasteiger partial charge in [-0.15, -0.1) is 0 Å². The summed E-state index contributed by atoms with van der Waals surface area (Å²) in [7, 11) is 0. The van der Waals surface area contributed by atoms with E-state index in [4.69, 9.17) is 0 Å². The molecule has 7 nitrogen and oxygen atoms in total. The van der Waals surface area contributed by atoms with E-state index in [0.29, 0.717) is 25.6 Å². The number of halogens is 2. The van der Waals surface area contributed by atoms with E-state index >= 15 is 0 Å². The van der Waals surface area contributed by atoms with Crippen LogP contribution in [0.15, 0.2) is 53.5 Å². The summed E-state index contributed by atoms with van der Waals surface area (Å²) in [4.78, 5) is 40.1. The van der Waals surface area contributed by atoms with Gasteiger partial charge in [0.2, 0.25) is 5.43 Å². The van der Waals surface area contributed by atoms with Crippen molar-refractivity contribution in [3.05, 3.63) is 98.5 Å². The Morgan fingerprint density at radius 2 is 1.88 bits per heavy atom. The summed E-state index contributed by atoms with van der Waals surface area (Å²) in [5.74, 6) is -3.69. The minimum Gasteiger partial charge on any atom is -0.503 e. The number of hydrogen-bond donors (Lipinski definition) is 2. The van der Waals surface area contributed by atoms with Crippen molar-refractivity contribution >= 4 is 11.8 Å². The van der Waals surface area contributed by atoms with Crippen molar-refractivity contribution < 1.29 is 23.5 Å². The largest absolute Gasteiger partial charge is 0.503 e. The third-order valence-electron chi connectivity index (χ3n) is 6.16. The van der Waals surface area contributed by atoms with Crippen LogP contribution in [0.5, 0.6) is 5.75 Å². The second kappa shape index (κ2) is 7.84. The summed E-state index contributed by atoms with van der Waals surface area (Å²) in [6.45, 7) is 0.450. The monoisotopic (exact) mass is 451 g/mol. The molecule has 2 N–H and O–H groups in total. The molecule has 0 aliphatic carbocycles. The van der Waals surface area contributed by atoms with Crippen LogP contribution in [0.1, 0.15) is 43.6 Å². The molecule has 2 aliphatic rings. The molecular formula is C24H19F2N3O4. The molecule has 1 unspecified atom stereocenters. The van der Waals surface area contributed by atoms with Gasteiger partial charge in [-0.2, -0.15) is 0 Å². The van der Waals surface area contributed by atoms with Gasteiger partial charge >= 0.3 is 0 Å². The number of carbonyl (C=O) groups is 2. The van der Waals surface area contributed by atoms with Crippen LogP contribution in [0.2, 0.25) is 0 Å². The Balaban J connectivity index is 1.50. The van der Waals surface area contributed by atoms with E-state index in [1.54, 1.807) is 4.90 Å².